The van der Waals surface area contributed by atoms with Gasteiger partial charge in [-0.1, -0.05) is 0 Å². The Kier molecular flexibility index (Phi) is 6.17. The van der Waals surface area contributed by atoms with Crippen molar-refractivity contribution in [3.8, 4) is 40.1 Å². The normalized spacial score (nSPS) is 24.3. The Morgan fingerprint density at radius 1 is 0.914 bits per heavy atom. The van der Waals surface area contributed by atoms with Crippen molar-refractivity contribution in [1.29, 1.82) is 0 Å². The van der Waals surface area contributed by atoms with Crippen LogP contribution in [0.3, 0.4) is 0 Å². The van der Waals surface area contributed by atoms with Gasteiger partial charge in [0.15, 0.2) is 23.4 Å². The molecule has 7 N–H and O–H groups in total. The zero-order valence-electron chi connectivity index (χ0n) is 17.9. The molecule has 186 valence electrons. The summed E-state index contributed by atoms with van der Waals surface area (Å²) in [6, 6.07) is 5.24. The molecule has 0 radical (unpaired) electrons. The van der Waals surface area contributed by atoms with Crippen molar-refractivity contribution < 1.29 is 59.2 Å². The molecule has 4 rings (SSSR count). The summed E-state index contributed by atoms with van der Waals surface area (Å²) in [5.74, 6) is -4.37. The van der Waals surface area contributed by atoms with E-state index in [2.05, 4.69) is 4.74 Å². The van der Waals surface area contributed by atoms with E-state index in [1.807, 2.05) is 0 Å². The number of hydrogen-bond donors (Lipinski definition) is 7. The Balaban J connectivity index is 1.90. The highest BCUT2D eigenvalue weighted by Gasteiger charge is 2.49. The van der Waals surface area contributed by atoms with Crippen LogP contribution in [0.1, 0.15) is 0 Å². The molecule has 0 amide bonds. The molecule has 1 fully saturated rings. The predicted molar refractivity (Wildman–Crippen MR) is 114 cm³/mol. The van der Waals surface area contributed by atoms with Gasteiger partial charge < -0.3 is 54.4 Å². The molecule has 13 heteroatoms. The van der Waals surface area contributed by atoms with Gasteiger partial charge in [-0.05, 0) is 18.2 Å². The van der Waals surface area contributed by atoms with Crippen LogP contribution in [0.4, 0.5) is 0 Å². The maximum atomic E-state index is 13.3. The zero-order valence-corrected chi connectivity index (χ0v) is 17.9. The van der Waals surface area contributed by atoms with Gasteiger partial charge in [0.1, 0.15) is 40.8 Å². The minimum Gasteiger partial charge on any atom is -0.508 e. The van der Waals surface area contributed by atoms with Crippen molar-refractivity contribution in [3.05, 3.63) is 40.6 Å². The summed E-state index contributed by atoms with van der Waals surface area (Å²) in [6.07, 6.45) is -9.50. The van der Waals surface area contributed by atoms with E-state index < -0.39 is 82.0 Å². The van der Waals surface area contributed by atoms with Crippen molar-refractivity contribution in [2.24, 2.45) is 0 Å². The SMILES string of the molecule is COC(=O)[C@@H]1O[C@@H](Oc2c(-c3ccc(O)c(O)c3)oc3cc(O)cc(O)c3c2=O)[C@H](O)[C@H](O)[C@H]1O. The van der Waals surface area contributed by atoms with Crippen LogP contribution in [0.15, 0.2) is 39.5 Å². The van der Waals surface area contributed by atoms with Gasteiger partial charge >= 0.3 is 5.97 Å². The topological polar surface area (TPSA) is 217 Å². The number of ether oxygens (including phenoxy) is 3. The van der Waals surface area contributed by atoms with Crippen LogP contribution in [-0.4, -0.2) is 79.5 Å². The number of aromatic hydroxyl groups is 4. The molecule has 0 unspecified atom stereocenters. The second kappa shape index (κ2) is 8.96. The molecule has 35 heavy (non-hydrogen) atoms. The number of benzene rings is 2. The Labute approximate surface area is 195 Å². The first-order valence-corrected chi connectivity index (χ1v) is 10.0. The highest BCUT2D eigenvalue weighted by Crippen LogP contribution is 2.39. The first-order valence-electron chi connectivity index (χ1n) is 10.0. The van der Waals surface area contributed by atoms with E-state index in [9.17, 15) is 45.3 Å². The number of phenolic OH excluding ortho intramolecular Hbond substituents is 4. The molecule has 0 bridgehead atoms. The first-order chi connectivity index (χ1) is 16.5. The second-order valence-electron chi connectivity index (χ2n) is 7.67. The molecular weight excluding hydrogens is 472 g/mol. The monoisotopic (exact) mass is 492 g/mol. The number of rotatable bonds is 4. The van der Waals surface area contributed by atoms with Crippen molar-refractivity contribution >= 4 is 16.9 Å². The highest BCUT2D eigenvalue weighted by molar-refractivity contribution is 5.88. The lowest BCUT2D eigenvalue weighted by molar-refractivity contribution is -0.272. The quantitative estimate of drug-likeness (QED) is 0.183. The number of carbonyl (C=O) groups excluding carboxylic acids is 1. The van der Waals surface area contributed by atoms with Crippen LogP contribution in [0.25, 0.3) is 22.3 Å². The van der Waals surface area contributed by atoms with Gasteiger partial charge in [-0.3, -0.25) is 4.79 Å². The smallest absolute Gasteiger partial charge is 0.337 e. The van der Waals surface area contributed by atoms with Crippen LogP contribution >= 0.6 is 0 Å². The third kappa shape index (κ3) is 4.17. The summed E-state index contributed by atoms with van der Waals surface area (Å²) in [5, 5.41) is 69.7. The molecule has 0 aliphatic carbocycles. The minimum absolute atomic E-state index is 0.0208. The second-order valence-corrected chi connectivity index (χ2v) is 7.67. The van der Waals surface area contributed by atoms with Gasteiger partial charge in [0.05, 0.1) is 7.11 Å². The number of esters is 1. The Morgan fingerprint density at radius 2 is 1.63 bits per heavy atom. The summed E-state index contributed by atoms with van der Waals surface area (Å²) < 4.78 is 20.9. The maximum Gasteiger partial charge on any atom is 0.337 e. The first kappa shape index (κ1) is 24.1. The number of hydrogen-bond acceptors (Lipinski definition) is 13. The molecule has 1 aliphatic heterocycles. The van der Waals surface area contributed by atoms with Gasteiger partial charge in [-0.2, -0.15) is 0 Å². The number of carbonyl (C=O) groups is 1. The third-order valence-corrected chi connectivity index (χ3v) is 5.39. The molecule has 0 spiro atoms. The average Bonchev–Trinajstić information content (AvgIpc) is 2.81. The standard InChI is InChI=1S/C22H20O13/c1-32-21(31)20-16(29)15(28)17(30)22(35-20)34-19-14(27)13-11(26)5-8(23)6-12(13)33-18(19)7-2-3-9(24)10(25)4-7/h2-6,15-17,20,22-26,28-30H,1H3/t15-,16-,17-,20-,22-/m1/s1. The summed E-state index contributed by atoms with van der Waals surface area (Å²) in [6.45, 7) is 0. The molecule has 1 saturated heterocycles. The zero-order chi connectivity index (χ0) is 25.6. The van der Waals surface area contributed by atoms with E-state index in [0.717, 1.165) is 31.4 Å². The summed E-state index contributed by atoms with van der Waals surface area (Å²) >= 11 is 0. The molecule has 2 aromatic carbocycles. The molecule has 1 aromatic heterocycles. The molecule has 3 aromatic rings. The fourth-order valence-corrected chi connectivity index (χ4v) is 3.60. The molecule has 0 saturated carbocycles. The number of phenols is 4. The molecule has 2 heterocycles. The Bertz CT molecular complexity index is 1350. The largest absolute Gasteiger partial charge is 0.508 e. The highest BCUT2D eigenvalue weighted by atomic mass is 16.7. The van der Waals surface area contributed by atoms with E-state index >= 15 is 0 Å². The predicted octanol–water partition coefficient (Wildman–Crippen LogP) is -0.358. The van der Waals surface area contributed by atoms with Crippen LogP contribution in [0.2, 0.25) is 0 Å². The van der Waals surface area contributed by atoms with Gasteiger partial charge in [0.25, 0.3) is 0 Å². The van der Waals surface area contributed by atoms with Crippen molar-refractivity contribution in [1.82, 2.24) is 0 Å². The van der Waals surface area contributed by atoms with Gasteiger partial charge in [0, 0.05) is 17.7 Å². The van der Waals surface area contributed by atoms with E-state index in [-0.39, 0.29) is 11.1 Å². The fraction of sp³-hybridized carbons (Fsp3) is 0.273. The number of aliphatic hydroxyl groups is 3. The third-order valence-electron chi connectivity index (χ3n) is 5.39. The van der Waals surface area contributed by atoms with Gasteiger partial charge in [0.2, 0.25) is 17.5 Å². The summed E-state index contributed by atoms with van der Waals surface area (Å²) in [5.41, 5.74) is -1.32. The lowest BCUT2D eigenvalue weighted by atomic mass is 9.99. The van der Waals surface area contributed by atoms with Gasteiger partial charge in [-0.25, -0.2) is 4.79 Å². The molecule has 5 atom stereocenters. The van der Waals surface area contributed by atoms with E-state index in [1.165, 1.54) is 6.07 Å². The van der Waals surface area contributed by atoms with E-state index in [1.54, 1.807) is 0 Å². The van der Waals surface area contributed by atoms with Crippen LogP contribution < -0.4 is 10.2 Å². The summed E-state index contributed by atoms with van der Waals surface area (Å²) in [7, 11) is 0.997. The Morgan fingerprint density at radius 3 is 2.29 bits per heavy atom. The molecule has 13 nitrogen and oxygen atoms in total. The van der Waals surface area contributed by atoms with E-state index in [0.29, 0.717) is 0 Å². The molecule has 1 aliphatic rings. The number of fused-ring (bicyclic) bond motifs is 1. The van der Waals surface area contributed by atoms with Crippen LogP contribution in [-0.2, 0) is 14.3 Å². The average molecular weight is 492 g/mol. The lowest BCUT2D eigenvalue weighted by Gasteiger charge is -2.38. The fourth-order valence-electron chi connectivity index (χ4n) is 3.60. The maximum absolute atomic E-state index is 13.3. The van der Waals surface area contributed by atoms with Crippen molar-refractivity contribution in [2.45, 2.75) is 30.7 Å². The van der Waals surface area contributed by atoms with Gasteiger partial charge in [-0.15, -0.1) is 0 Å². The summed E-state index contributed by atoms with van der Waals surface area (Å²) in [4.78, 5) is 25.3. The Hall–Kier alpha value is -4.04. The van der Waals surface area contributed by atoms with Crippen LogP contribution in [0, 0.1) is 0 Å². The lowest BCUT2D eigenvalue weighted by Crippen LogP contribution is -2.61. The van der Waals surface area contributed by atoms with Crippen molar-refractivity contribution in [2.75, 3.05) is 7.11 Å². The van der Waals surface area contributed by atoms with Crippen molar-refractivity contribution in [3.63, 3.8) is 0 Å². The minimum atomic E-state index is -1.96. The number of methoxy groups -OCH3 is 1. The molecular formula is C22H20O13. The van der Waals surface area contributed by atoms with Crippen LogP contribution in [0.5, 0.6) is 28.7 Å². The van der Waals surface area contributed by atoms with E-state index in [4.69, 9.17) is 13.9 Å². The number of aliphatic hydroxyl groups excluding tert-OH is 3.